The van der Waals surface area contributed by atoms with Crippen molar-refractivity contribution in [2.24, 2.45) is 0 Å². The van der Waals surface area contributed by atoms with E-state index in [1.54, 1.807) is 12.1 Å². The Labute approximate surface area is 146 Å². The first-order valence-corrected chi connectivity index (χ1v) is 6.36. The van der Waals surface area contributed by atoms with Gasteiger partial charge in [-0.15, -0.1) is 0 Å². The molecule has 104 valence electrons. The Hall–Kier alpha value is -1.50. The summed E-state index contributed by atoms with van der Waals surface area (Å²) in [5.41, 5.74) is 2.34. The van der Waals surface area contributed by atoms with Gasteiger partial charge in [0.25, 0.3) is 0 Å². The Kier molecular flexibility index (Phi) is 5.28. The molecule has 0 amide bonds. The average Bonchev–Trinajstić information content (AvgIpc) is 2.48. The zero-order valence-electron chi connectivity index (χ0n) is 11.6. The molecule has 2 aromatic carbocycles. The van der Waals surface area contributed by atoms with Gasteiger partial charge in [0.05, 0.1) is 5.43 Å². The Bertz CT molecular complexity index is 794. The van der Waals surface area contributed by atoms with Crippen molar-refractivity contribution in [3.8, 4) is 5.75 Å². The average molecular weight is 503 g/mol. The van der Waals surface area contributed by atoms with Gasteiger partial charge in [0.1, 0.15) is 12.4 Å². The first kappa shape index (κ1) is 15.9. The largest absolute Gasteiger partial charge is 0.580 e. The van der Waals surface area contributed by atoms with Gasteiger partial charge in [-0.25, -0.2) is 0 Å². The number of benzene rings is 2. The molecule has 3 rings (SSSR count). The first-order valence-electron chi connectivity index (χ1n) is 6.36. The number of rotatable bonds is 3. The van der Waals surface area contributed by atoms with E-state index < -0.39 is 0 Å². The van der Waals surface area contributed by atoms with E-state index in [9.17, 15) is 4.79 Å². The van der Waals surface area contributed by atoms with Crippen LogP contribution in [-0.2, 0) is 6.61 Å². The summed E-state index contributed by atoms with van der Waals surface area (Å²) in [5.74, 6) is 0.712. The van der Waals surface area contributed by atoms with Crippen molar-refractivity contribution in [3.63, 3.8) is 0 Å². The molecule has 0 unspecified atom stereocenters. The monoisotopic (exact) mass is 503 g/mol. The molecule has 3 nitrogen and oxygen atoms in total. The van der Waals surface area contributed by atoms with Crippen LogP contribution in [0.4, 0.5) is 0 Å². The second-order valence-corrected chi connectivity index (χ2v) is 4.57. The number of hydrogen-bond donors (Lipinski definition) is 0. The van der Waals surface area contributed by atoms with Crippen LogP contribution in [0.3, 0.4) is 0 Å². The topological polar surface area (TPSA) is 39.4 Å². The smallest absolute Gasteiger partial charge is 0.114 e. The predicted molar refractivity (Wildman–Crippen MR) is 76.8 cm³/mol. The Morgan fingerprint density at radius 3 is 2.67 bits per heavy atom. The molecule has 0 N–H and O–H groups in total. The normalized spacial score (nSPS) is 10.1. The molecule has 1 aromatic heterocycles. The molecule has 0 aliphatic carbocycles. The van der Waals surface area contributed by atoms with Crippen molar-refractivity contribution in [2.45, 2.75) is 13.5 Å². The summed E-state index contributed by atoms with van der Waals surface area (Å²) in [6, 6.07) is 14.7. The van der Waals surface area contributed by atoms with E-state index in [1.807, 2.05) is 37.3 Å². The summed E-state index contributed by atoms with van der Waals surface area (Å²) in [6.07, 6.45) is 2.50. The molecule has 0 aliphatic rings. The van der Waals surface area contributed by atoms with Gasteiger partial charge < -0.3 is 13.9 Å². The zero-order chi connectivity index (χ0) is 13.9. The number of aryl methyl sites for hydroxylation is 1. The maximum Gasteiger partial charge on any atom is 0.114 e. The summed E-state index contributed by atoms with van der Waals surface area (Å²) in [7, 11) is 0. The third-order valence-electron chi connectivity index (χ3n) is 3.21. The third-order valence-corrected chi connectivity index (χ3v) is 3.21. The van der Waals surface area contributed by atoms with Crippen LogP contribution >= 0.6 is 0 Å². The van der Waals surface area contributed by atoms with Gasteiger partial charge in [-0.05, 0) is 35.8 Å². The minimum atomic E-state index is -0.0936. The van der Waals surface area contributed by atoms with Gasteiger partial charge in [-0.1, -0.05) is 42.5 Å². The molecule has 0 spiro atoms. The quantitative estimate of drug-likeness (QED) is 0.514. The van der Waals surface area contributed by atoms with Gasteiger partial charge in [0.15, 0.2) is 0 Å². The number of hydrogen-bond acceptors (Lipinski definition) is 3. The molecule has 0 atom stereocenters. The van der Waals surface area contributed by atoms with E-state index >= 15 is 0 Å². The molecule has 0 radical (unpaired) electrons. The van der Waals surface area contributed by atoms with E-state index in [0.29, 0.717) is 23.3 Å². The fourth-order valence-electron chi connectivity index (χ4n) is 2.11. The van der Waals surface area contributed by atoms with Gasteiger partial charge >= 0.3 is 0 Å². The zero-order valence-corrected chi connectivity index (χ0v) is 15.7. The molecule has 21 heavy (non-hydrogen) atoms. The van der Waals surface area contributed by atoms with Crippen molar-refractivity contribution >= 4 is 11.0 Å². The van der Waals surface area contributed by atoms with Crippen LogP contribution in [0.15, 0.2) is 57.7 Å². The summed E-state index contributed by atoms with van der Waals surface area (Å²) < 4.78 is 11.1. The van der Waals surface area contributed by atoms with E-state index in [1.165, 1.54) is 6.07 Å². The van der Waals surface area contributed by atoms with Crippen molar-refractivity contribution in [2.75, 3.05) is 0 Å². The Balaban J connectivity index is 0.00000161. The molecular formula is C17H13O3U-. The molecule has 0 bridgehead atoms. The summed E-state index contributed by atoms with van der Waals surface area (Å²) in [4.78, 5) is 11.7. The number of fused-ring (bicyclic) bond motifs is 1. The third kappa shape index (κ3) is 3.40. The standard InChI is InChI=1S/C17H13O3.U/c1-12-16(20-11-13-5-3-2-4-6-13)8-7-14-15(18)9-10-19-17(12)14;/h2-9H,11H2,1H3;/q-1;. The van der Waals surface area contributed by atoms with Gasteiger partial charge in [-0.3, -0.25) is 0 Å². The second-order valence-electron chi connectivity index (χ2n) is 4.57. The maximum atomic E-state index is 11.7. The van der Waals surface area contributed by atoms with Crippen LogP contribution in [0.5, 0.6) is 5.75 Å². The fraction of sp³-hybridized carbons (Fsp3) is 0.118. The van der Waals surface area contributed by atoms with Gasteiger partial charge in [0, 0.05) is 36.7 Å². The molecule has 4 heteroatoms. The predicted octanol–water partition coefficient (Wildman–Crippen LogP) is 3.48. The number of ether oxygens (including phenoxy) is 1. The van der Waals surface area contributed by atoms with E-state index in [4.69, 9.17) is 9.15 Å². The van der Waals surface area contributed by atoms with Gasteiger partial charge in [0.2, 0.25) is 0 Å². The van der Waals surface area contributed by atoms with Crippen LogP contribution in [0.25, 0.3) is 11.0 Å². The van der Waals surface area contributed by atoms with Crippen molar-refractivity contribution in [3.05, 3.63) is 76.1 Å². The van der Waals surface area contributed by atoms with Crippen LogP contribution in [0.1, 0.15) is 11.1 Å². The van der Waals surface area contributed by atoms with E-state index in [2.05, 4.69) is 6.26 Å². The summed E-state index contributed by atoms with van der Waals surface area (Å²) >= 11 is 0. The molecular weight excluding hydrogens is 490 g/mol. The van der Waals surface area contributed by atoms with Crippen LogP contribution in [0.2, 0.25) is 0 Å². The minimum Gasteiger partial charge on any atom is -0.580 e. The fourth-order valence-corrected chi connectivity index (χ4v) is 2.11. The molecule has 0 fully saturated rings. The molecule has 3 aromatic rings. The second kappa shape index (κ2) is 6.98. The van der Waals surface area contributed by atoms with Gasteiger partial charge in [-0.2, -0.15) is 0 Å². The van der Waals surface area contributed by atoms with Crippen molar-refractivity contribution < 1.29 is 40.3 Å². The summed E-state index contributed by atoms with van der Waals surface area (Å²) in [5, 5.41) is 0.549. The van der Waals surface area contributed by atoms with Crippen molar-refractivity contribution in [1.82, 2.24) is 0 Å². The van der Waals surface area contributed by atoms with Crippen LogP contribution < -0.4 is 10.2 Å². The van der Waals surface area contributed by atoms with Crippen LogP contribution in [-0.4, -0.2) is 0 Å². The first-order chi connectivity index (χ1) is 9.75. The molecule has 0 saturated heterocycles. The van der Waals surface area contributed by atoms with Crippen molar-refractivity contribution in [1.29, 1.82) is 0 Å². The molecule has 1 heterocycles. The SMILES string of the molecule is Cc1c(OCc2ccccc2)ccc2c(=O)c[c-]oc12.[U]. The van der Waals surface area contributed by atoms with E-state index in [0.717, 1.165) is 11.1 Å². The summed E-state index contributed by atoms with van der Waals surface area (Å²) in [6.45, 7) is 2.35. The minimum absolute atomic E-state index is 0. The van der Waals surface area contributed by atoms with E-state index in [-0.39, 0.29) is 36.5 Å². The molecule has 0 aliphatic heterocycles. The molecule has 0 saturated carbocycles. The maximum absolute atomic E-state index is 11.7. The Morgan fingerprint density at radius 1 is 1.14 bits per heavy atom. The Morgan fingerprint density at radius 2 is 1.90 bits per heavy atom. The van der Waals surface area contributed by atoms with Crippen LogP contribution in [0, 0.1) is 44.3 Å².